The number of hydrogen-bond donors (Lipinski definition) is 0. The molecule has 2 aromatic carbocycles. The first kappa shape index (κ1) is 15.4. The van der Waals surface area contributed by atoms with E-state index in [2.05, 4.69) is 65.6 Å². The maximum atomic E-state index is 5.25. The Morgan fingerprint density at radius 2 is 1.62 bits per heavy atom. The second-order valence-electron chi connectivity index (χ2n) is 7.07. The molecule has 1 saturated carbocycles. The van der Waals surface area contributed by atoms with Gasteiger partial charge in [0.25, 0.3) is 0 Å². The van der Waals surface area contributed by atoms with Crippen molar-refractivity contribution in [1.82, 2.24) is 4.90 Å². The average molecular weight is 318 g/mol. The molecule has 0 N–H and O–H groups in total. The summed E-state index contributed by atoms with van der Waals surface area (Å²) >= 11 is 0. The highest BCUT2D eigenvalue weighted by atomic mass is 15.2. The summed E-state index contributed by atoms with van der Waals surface area (Å²) in [7, 11) is 0. The van der Waals surface area contributed by atoms with Crippen LogP contribution in [0.4, 0.5) is 0 Å². The van der Waals surface area contributed by atoms with Gasteiger partial charge >= 0.3 is 0 Å². The van der Waals surface area contributed by atoms with Gasteiger partial charge < -0.3 is 4.90 Å². The van der Waals surface area contributed by atoms with Crippen LogP contribution in [0.25, 0.3) is 0 Å². The highest BCUT2D eigenvalue weighted by Crippen LogP contribution is 2.37. The van der Waals surface area contributed by atoms with Gasteiger partial charge in [-0.05, 0) is 30.4 Å². The van der Waals surface area contributed by atoms with Gasteiger partial charge in [-0.25, -0.2) is 0 Å². The molecule has 0 unspecified atom stereocenters. The zero-order valence-corrected chi connectivity index (χ0v) is 14.3. The average Bonchev–Trinajstić information content (AvgIpc) is 3.27. The molecule has 0 spiro atoms. The molecule has 1 aliphatic heterocycles. The smallest absolute Gasteiger partial charge is 0.0996 e. The molecule has 1 aliphatic carbocycles. The maximum absolute atomic E-state index is 5.25. The number of likely N-dealkylation sites (tertiary alicyclic amines) is 1. The summed E-state index contributed by atoms with van der Waals surface area (Å²) in [5, 5.41) is 0. The van der Waals surface area contributed by atoms with Crippen LogP contribution in [0.2, 0.25) is 0 Å². The number of nitrogens with zero attached hydrogens (tertiary/aromatic N) is 2. The van der Waals surface area contributed by atoms with Crippen LogP contribution in [-0.4, -0.2) is 23.3 Å². The second-order valence-corrected chi connectivity index (χ2v) is 7.07. The van der Waals surface area contributed by atoms with Crippen LogP contribution in [0.15, 0.2) is 65.7 Å². The van der Waals surface area contributed by atoms with E-state index in [0.717, 1.165) is 19.5 Å². The number of rotatable bonds is 4. The van der Waals surface area contributed by atoms with E-state index in [1.54, 1.807) is 0 Å². The summed E-state index contributed by atoms with van der Waals surface area (Å²) in [6.07, 6.45) is 6.21. The highest BCUT2D eigenvalue weighted by molar-refractivity contribution is 5.84. The molecule has 0 radical (unpaired) electrons. The van der Waals surface area contributed by atoms with Gasteiger partial charge in [-0.15, -0.1) is 0 Å². The first-order valence-electron chi connectivity index (χ1n) is 9.30. The largest absolute Gasteiger partial charge is 0.356 e. The van der Waals surface area contributed by atoms with Crippen LogP contribution in [0.3, 0.4) is 0 Å². The molecule has 2 nitrogen and oxygen atoms in total. The van der Waals surface area contributed by atoms with Gasteiger partial charge in [-0.3, -0.25) is 4.99 Å². The third-order valence-electron chi connectivity index (χ3n) is 5.43. The normalized spacial score (nSPS) is 25.5. The predicted octanol–water partition coefficient (Wildman–Crippen LogP) is 5.02. The van der Waals surface area contributed by atoms with Crippen molar-refractivity contribution >= 4 is 5.84 Å². The van der Waals surface area contributed by atoms with Crippen molar-refractivity contribution in [3.05, 3.63) is 71.8 Å². The summed E-state index contributed by atoms with van der Waals surface area (Å²) in [5.74, 6) is 1.95. The molecule has 2 fully saturated rings. The van der Waals surface area contributed by atoms with E-state index in [1.165, 1.54) is 42.6 Å². The topological polar surface area (TPSA) is 15.6 Å². The van der Waals surface area contributed by atoms with E-state index in [4.69, 9.17) is 4.99 Å². The Balaban J connectivity index is 1.51. The minimum Gasteiger partial charge on any atom is -0.356 e. The molecule has 1 saturated heterocycles. The van der Waals surface area contributed by atoms with Crippen molar-refractivity contribution in [3.63, 3.8) is 0 Å². The van der Waals surface area contributed by atoms with Crippen molar-refractivity contribution in [2.75, 3.05) is 6.54 Å². The Hall–Kier alpha value is -2.09. The molecule has 2 aliphatic rings. The summed E-state index contributed by atoms with van der Waals surface area (Å²) < 4.78 is 0. The van der Waals surface area contributed by atoms with Crippen molar-refractivity contribution in [2.45, 2.75) is 50.6 Å². The molecule has 0 amide bonds. The van der Waals surface area contributed by atoms with Gasteiger partial charge in [0, 0.05) is 25.4 Å². The molecule has 1 heterocycles. The molecule has 2 heteroatoms. The van der Waals surface area contributed by atoms with E-state index < -0.39 is 0 Å². The molecule has 2 atom stereocenters. The predicted molar refractivity (Wildman–Crippen MR) is 100 cm³/mol. The Labute approximate surface area is 145 Å². The monoisotopic (exact) mass is 318 g/mol. The number of hydrogen-bond acceptors (Lipinski definition) is 1. The van der Waals surface area contributed by atoms with E-state index in [-0.39, 0.29) is 0 Å². The number of benzene rings is 2. The maximum Gasteiger partial charge on any atom is 0.0996 e. The van der Waals surface area contributed by atoms with Crippen LogP contribution in [0.5, 0.6) is 0 Å². The first-order chi connectivity index (χ1) is 11.9. The SMILES string of the molecule is c1ccc(CN2CCCC2=N[C@H]2CCC[C@H]2c2ccccc2)cc1. The van der Waals surface area contributed by atoms with Gasteiger partial charge in [0.2, 0.25) is 0 Å². The molecular formula is C22H26N2. The molecule has 24 heavy (non-hydrogen) atoms. The van der Waals surface area contributed by atoms with Crippen LogP contribution in [0.1, 0.15) is 49.1 Å². The van der Waals surface area contributed by atoms with E-state index in [0.29, 0.717) is 12.0 Å². The van der Waals surface area contributed by atoms with Crippen molar-refractivity contribution in [3.8, 4) is 0 Å². The van der Waals surface area contributed by atoms with E-state index in [9.17, 15) is 0 Å². The minimum atomic E-state index is 0.471. The number of aliphatic imine (C=N–C) groups is 1. The summed E-state index contributed by atoms with van der Waals surface area (Å²) in [6, 6.07) is 22.2. The standard InChI is InChI=1S/C22H26N2/c1-3-9-18(10-4-1)17-24-16-8-15-22(24)23-21-14-7-13-20(21)19-11-5-2-6-12-19/h1-6,9-12,20-21H,7-8,13-17H2/t20-,21-/m0/s1. The van der Waals surface area contributed by atoms with E-state index >= 15 is 0 Å². The lowest BCUT2D eigenvalue weighted by atomic mass is 9.94. The number of amidine groups is 1. The Kier molecular flexibility index (Phi) is 4.64. The quantitative estimate of drug-likeness (QED) is 0.773. The zero-order valence-electron chi connectivity index (χ0n) is 14.3. The molecule has 2 aromatic rings. The fraction of sp³-hybridized carbons (Fsp3) is 0.409. The van der Waals surface area contributed by atoms with Gasteiger partial charge in [0.15, 0.2) is 0 Å². The van der Waals surface area contributed by atoms with Crippen LogP contribution < -0.4 is 0 Å². The summed E-state index contributed by atoms with van der Waals surface area (Å²) in [4.78, 5) is 7.75. The van der Waals surface area contributed by atoms with Crippen LogP contribution in [0, 0.1) is 0 Å². The van der Waals surface area contributed by atoms with Crippen LogP contribution >= 0.6 is 0 Å². The van der Waals surface area contributed by atoms with Crippen molar-refractivity contribution < 1.29 is 0 Å². The van der Waals surface area contributed by atoms with E-state index in [1.807, 2.05) is 0 Å². The third-order valence-corrected chi connectivity index (χ3v) is 5.43. The van der Waals surface area contributed by atoms with Gasteiger partial charge in [-0.1, -0.05) is 67.1 Å². The lowest BCUT2D eigenvalue weighted by Crippen LogP contribution is -2.26. The van der Waals surface area contributed by atoms with Crippen molar-refractivity contribution in [2.24, 2.45) is 4.99 Å². The second kappa shape index (κ2) is 7.21. The van der Waals surface area contributed by atoms with Gasteiger partial charge in [0.1, 0.15) is 0 Å². The lowest BCUT2D eigenvalue weighted by Gasteiger charge is -2.23. The lowest BCUT2D eigenvalue weighted by molar-refractivity contribution is 0.442. The Morgan fingerprint density at radius 1 is 0.875 bits per heavy atom. The van der Waals surface area contributed by atoms with Crippen LogP contribution in [-0.2, 0) is 6.54 Å². The molecule has 4 rings (SSSR count). The zero-order chi connectivity index (χ0) is 16.2. The fourth-order valence-electron chi connectivity index (χ4n) is 4.21. The molecular weight excluding hydrogens is 292 g/mol. The van der Waals surface area contributed by atoms with Gasteiger partial charge in [0.05, 0.1) is 11.9 Å². The first-order valence-corrected chi connectivity index (χ1v) is 9.30. The Bertz CT molecular complexity index is 678. The minimum absolute atomic E-state index is 0.471. The summed E-state index contributed by atoms with van der Waals surface area (Å²) in [5.41, 5.74) is 2.86. The Morgan fingerprint density at radius 3 is 2.42 bits per heavy atom. The fourth-order valence-corrected chi connectivity index (χ4v) is 4.21. The molecule has 0 bridgehead atoms. The summed E-state index contributed by atoms with van der Waals surface area (Å²) in [6.45, 7) is 2.15. The third kappa shape index (κ3) is 3.38. The highest BCUT2D eigenvalue weighted by Gasteiger charge is 2.30. The van der Waals surface area contributed by atoms with Crippen molar-refractivity contribution in [1.29, 1.82) is 0 Å². The molecule has 0 aromatic heterocycles. The van der Waals surface area contributed by atoms with Gasteiger partial charge in [-0.2, -0.15) is 0 Å². The molecule has 124 valence electrons.